The van der Waals surface area contributed by atoms with Crippen LogP contribution >= 0.6 is 0 Å². The Bertz CT molecular complexity index is 464. The van der Waals surface area contributed by atoms with Gasteiger partial charge in [0, 0.05) is 5.69 Å². The molecule has 0 saturated heterocycles. The molecule has 1 amide bonds. The van der Waals surface area contributed by atoms with Crippen LogP contribution < -0.4 is 15.8 Å². The summed E-state index contributed by atoms with van der Waals surface area (Å²) in [6.07, 6.45) is -4.74. The highest BCUT2D eigenvalue weighted by molar-refractivity contribution is 5.95. The van der Waals surface area contributed by atoms with Crippen molar-refractivity contribution in [3.05, 3.63) is 24.3 Å². The summed E-state index contributed by atoms with van der Waals surface area (Å²) in [5.74, 6) is -0.752. The predicted molar refractivity (Wildman–Crippen MR) is 69.2 cm³/mol. The molecule has 0 fully saturated rings. The first-order valence-electron chi connectivity index (χ1n) is 5.91. The fourth-order valence-electron chi connectivity index (χ4n) is 1.35. The lowest BCUT2D eigenvalue weighted by Gasteiger charge is -2.25. The molecule has 0 bridgehead atoms. The number of hydrogen-bond acceptors (Lipinski definition) is 3. The van der Waals surface area contributed by atoms with E-state index < -0.39 is 23.7 Å². The van der Waals surface area contributed by atoms with Gasteiger partial charge >= 0.3 is 6.36 Å². The van der Waals surface area contributed by atoms with E-state index in [1.807, 2.05) is 20.8 Å². The average molecular weight is 290 g/mol. The molecular weight excluding hydrogens is 273 g/mol. The number of ether oxygens (including phenoxy) is 1. The van der Waals surface area contributed by atoms with Crippen LogP contribution in [-0.4, -0.2) is 18.3 Å². The van der Waals surface area contributed by atoms with Gasteiger partial charge in [0.25, 0.3) is 0 Å². The first-order valence-corrected chi connectivity index (χ1v) is 5.91. The van der Waals surface area contributed by atoms with Crippen LogP contribution in [0.4, 0.5) is 18.9 Å². The number of carbonyl (C=O) groups excluding carboxylic acids is 1. The molecule has 112 valence electrons. The zero-order chi connectivity index (χ0) is 15.6. The highest BCUT2D eigenvalue weighted by atomic mass is 19.4. The van der Waals surface area contributed by atoms with Gasteiger partial charge in [-0.15, -0.1) is 13.2 Å². The number of benzene rings is 1. The molecule has 0 radical (unpaired) electrons. The van der Waals surface area contributed by atoms with Gasteiger partial charge in [0.2, 0.25) is 5.91 Å². The highest BCUT2D eigenvalue weighted by Crippen LogP contribution is 2.24. The zero-order valence-electron chi connectivity index (χ0n) is 11.4. The highest BCUT2D eigenvalue weighted by Gasteiger charge is 2.31. The number of nitrogens with two attached hydrogens (primary N) is 1. The van der Waals surface area contributed by atoms with Crippen molar-refractivity contribution in [2.24, 2.45) is 11.1 Å². The summed E-state index contributed by atoms with van der Waals surface area (Å²) in [7, 11) is 0. The Morgan fingerprint density at radius 3 is 2.10 bits per heavy atom. The third-order valence-electron chi connectivity index (χ3n) is 2.57. The second-order valence-electron chi connectivity index (χ2n) is 5.41. The molecule has 20 heavy (non-hydrogen) atoms. The lowest BCUT2D eigenvalue weighted by molar-refractivity contribution is -0.274. The molecule has 0 spiro atoms. The first-order chi connectivity index (χ1) is 8.99. The molecule has 0 saturated carbocycles. The van der Waals surface area contributed by atoms with Crippen LogP contribution in [0.3, 0.4) is 0 Å². The standard InChI is InChI=1S/C13H17F3N2O2/c1-12(2,3)10(17)11(19)18-8-4-6-9(7-5-8)20-13(14,15)16/h4-7,10H,17H2,1-3H3,(H,18,19). The molecule has 1 rings (SSSR count). The minimum absolute atomic E-state index is 0.351. The molecule has 0 aliphatic heterocycles. The van der Waals surface area contributed by atoms with E-state index >= 15 is 0 Å². The maximum Gasteiger partial charge on any atom is 0.573 e. The molecule has 1 aromatic carbocycles. The maximum absolute atomic E-state index is 12.0. The van der Waals surface area contributed by atoms with Crippen molar-refractivity contribution in [3.63, 3.8) is 0 Å². The van der Waals surface area contributed by atoms with Crippen molar-refractivity contribution >= 4 is 11.6 Å². The van der Waals surface area contributed by atoms with Gasteiger partial charge in [0.05, 0.1) is 6.04 Å². The number of carbonyl (C=O) groups is 1. The first kappa shape index (κ1) is 16.3. The fourth-order valence-corrected chi connectivity index (χ4v) is 1.35. The summed E-state index contributed by atoms with van der Waals surface area (Å²) in [5.41, 5.74) is 5.71. The largest absolute Gasteiger partial charge is 0.573 e. The Morgan fingerprint density at radius 2 is 1.70 bits per heavy atom. The van der Waals surface area contributed by atoms with Gasteiger partial charge in [-0.2, -0.15) is 0 Å². The van der Waals surface area contributed by atoms with Gasteiger partial charge in [-0.1, -0.05) is 20.8 Å². The molecular formula is C13H17F3N2O2. The minimum Gasteiger partial charge on any atom is -0.406 e. The normalized spacial score (nSPS) is 13.8. The Morgan fingerprint density at radius 1 is 1.20 bits per heavy atom. The van der Waals surface area contributed by atoms with Crippen molar-refractivity contribution in [2.75, 3.05) is 5.32 Å². The number of nitrogens with one attached hydrogen (secondary N) is 1. The minimum atomic E-state index is -4.74. The fraction of sp³-hybridized carbons (Fsp3) is 0.462. The molecule has 1 atom stereocenters. The Hall–Kier alpha value is -1.76. The van der Waals surface area contributed by atoms with Crippen LogP contribution in [0.15, 0.2) is 24.3 Å². The van der Waals surface area contributed by atoms with Crippen molar-refractivity contribution in [1.82, 2.24) is 0 Å². The quantitative estimate of drug-likeness (QED) is 0.899. The molecule has 0 aliphatic carbocycles. The third kappa shape index (κ3) is 5.08. The number of rotatable bonds is 3. The topological polar surface area (TPSA) is 64.4 Å². The summed E-state index contributed by atoms with van der Waals surface area (Å²) >= 11 is 0. The van der Waals surface area contributed by atoms with Crippen LogP contribution in [-0.2, 0) is 4.79 Å². The number of anilines is 1. The molecule has 3 N–H and O–H groups in total. The van der Waals surface area contributed by atoms with Crippen LogP contribution in [0.1, 0.15) is 20.8 Å². The Labute approximate surface area is 115 Å². The predicted octanol–water partition coefficient (Wildman–Crippen LogP) is 2.90. The summed E-state index contributed by atoms with van der Waals surface area (Å²) in [6.45, 7) is 5.45. The van der Waals surface area contributed by atoms with Crippen LogP contribution in [0.5, 0.6) is 5.75 Å². The van der Waals surface area contributed by atoms with Gasteiger partial charge in [0.15, 0.2) is 0 Å². The van der Waals surface area contributed by atoms with E-state index in [1.165, 1.54) is 12.1 Å². The number of alkyl halides is 3. The van der Waals surface area contributed by atoms with E-state index in [1.54, 1.807) is 0 Å². The van der Waals surface area contributed by atoms with Gasteiger partial charge in [-0.05, 0) is 29.7 Å². The number of halogens is 3. The Balaban J connectivity index is 2.69. The lowest BCUT2D eigenvalue weighted by Crippen LogP contribution is -2.45. The van der Waals surface area contributed by atoms with Gasteiger partial charge in [-0.25, -0.2) is 0 Å². The molecule has 0 aromatic heterocycles. The van der Waals surface area contributed by atoms with Gasteiger partial charge in [-0.3, -0.25) is 4.79 Å². The monoisotopic (exact) mass is 290 g/mol. The van der Waals surface area contributed by atoms with Crippen LogP contribution in [0, 0.1) is 5.41 Å². The SMILES string of the molecule is CC(C)(C)C(N)C(=O)Nc1ccc(OC(F)(F)F)cc1. The van der Waals surface area contributed by atoms with E-state index in [0.717, 1.165) is 12.1 Å². The van der Waals surface area contributed by atoms with E-state index in [0.29, 0.717) is 5.69 Å². The van der Waals surface area contributed by atoms with Crippen molar-refractivity contribution in [3.8, 4) is 5.75 Å². The van der Waals surface area contributed by atoms with Crippen molar-refractivity contribution < 1.29 is 22.7 Å². The molecule has 1 unspecified atom stereocenters. The number of hydrogen-bond donors (Lipinski definition) is 2. The van der Waals surface area contributed by atoms with E-state index in [-0.39, 0.29) is 5.75 Å². The molecule has 0 heterocycles. The second-order valence-corrected chi connectivity index (χ2v) is 5.41. The lowest BCUT2D eigenvalue weighted by atomic mass is 9.87. The molecule has 4 nitrogen and oxygen atoms in total. The van der Waals surface area contributed by atoms with Gasteiger partial charge in [0.1, 0.15) is 5.75 Å². The molecule has 0 aliphatic rings. The van der Waals surface area contributed by atoms with E-state index in [4.69, 9.17) is 5.73 Å². The number of amides is 1. The van der Waals surface area contributed by atoms with Crippen LogP contribution in [0.2, 0.25) is 0 Å². The molecule has 7 heteroatoms. The average Bonchev–Trinajstić information content (AvgIpc) is 2.27. The Kier molecular flexibility index (Phi) is 4.65. The van der Waals surface area contributed by atoms with Gasteiger partial charge < -0.3 is 15.8 Å². The van der Waals surface area contributed by atoms with Crippen molar-refractivity contribution in [1.29, 1.82) is 0 Å². The third-order valence-corrected chi connectivity index (χ3v) is 2.57. The van der Waals surface area contributed by atoms with E-state index in [2.05, 4.69) is 10.1 Å². The summed E-state index contributed by atoms with van der Waals surface area (Å²) in [4.78, 5) is 11.8. The second kappa shape index (κ2) is 5.70. The summed E-state index contributed by atoms with van der Waals surface area (Å²) in [5, 5.41) is 2.54. The van der Waals surface area contributed by atoms with Crippen molar-refractivity contribution in [2.45, 2.75) is 33.2 Å². The van der Waals surface area contributed by atoms with E-state index in [9.17, 15) is 18.0 Å². The maximum atomic E-state index is 12.0. The zero-order valence-corrected chi connectivity index (χ0v) is 11.4. The van der Waals surface area contributed by atoms with Crippen LogP contribution in [0.25, 0.3) is 0 Å². The summed E-state index contributed by atoms with van der Waals surface area (Å²) in [6, 6.07) is 4.13. The summed E-state index contributed by atoms with van der Waals surface area (Å²) < 4.78 is 39.7. The smallest absolute Gasteiger partial charge is 0.406 e. The molecule has 1 aromatic rings.